The molecule has 1 saturated carbocycles. The normalized spacial score (nSPS) is 15.9. The summed E-state index contributed by atoms with van der Waals surface area (Å²) in [6.45, 7) is 2.21. The second-order valence-electron chi connectivity index (χ2n) is 6.48. The van der Waals surface area contributed by atoms with E-state index < -0.39 is 11.6 Å². The molecule has 0 amide bonds. The second kappa shape index (κ2) is 10.9. The van der Waals surface area contributed by atoms with Gasteiger partial charge in [0.1, 0.15) is 11.6 Å². The molecule has 25 heavy (non-hydrogen) atoms. The van der Waals surface area contributed by atoms with Crippen LogP contribution in [0.4, 0.5) is 8.78 Å². The molecule has 1 aromatic carbocycles. The second-order valence-corrected chi connectivity index (χ2v) is 6.48. The minimum Gasteiger partial charge on any atom is -0.385 e. The quantitative estimate of drug-likeness (QED) is 0.350. The minimum atomic E-state index is -0.544. The van der Waals surface area contributed by atoms with Crippen molar-refractivity contribution in [2.45, 2.75) is 32.1 Å². The number of hydrogen-bond acceptors (Lipinski definition) is 2. The smallest absolute Gasteiger partial charge is 0.191 e. The summed E-state index contributed by atoms with van der Waals surface area (Å²) in [7, 11) is 3.45. The minimum absolute atomic E-state index is 0. The van der Waals surface area contributed by atoms with Gasteiger partial charge in [0.05, 0.1) is 0 Å². The van der Waals surface area contributed by atoms with Gasteiger partial charge in [0, 0.05) is 39.9 Å². The Labute approximate surface area is 165 Å². The molecule has 1 aromatic rings. The Balaban J connectivity index is 0.00000312. The van der Waals surface area contributed by atoms with E-state index in [9.17, 15) is 8.78 Å². The average Bonchev–Trinajstić information content (AvgIpc) is 2.50. The Morgan fingerprint density at radius 1 is 1.20 bits per heavy atom. The molecule has 0 aromatic heterocycles. The Hall–Kier alpha value is -0.960. The molecule has 0 spiro atoms. The summed E-state index contributed by atoms with van der Waals surface area (Å²) >= 11 is 0. The Bertz CT molecular complexity index is 545. The van der Waals surface area contributed by atoms with Crippen LogP contribution in [0.25, 0.3) is 0 Å². The van der Waals surface area contributed by atoms with Crippen LogP contribution in [0.5, 0.6) is 0 Å². The van der Waals surface area contributed by atoms with Gasteiger partial charge in [-0.25, -0.2) is 8.78 Å². The zero-order valence-corrected chi connectivity index (χ0v) is 17.2. The molecule has 0 saturated heterocycles. The van der Waals surface area contributed by atoms with E-state index in [4.69, 9.17) is 4.74 Å². The summed E-state index contributed by atoms with van der Waals surface area (Å²) in [6.07, 6.45) is 5.27. The summed E-state index contributed by atoms with van der Waals surface area (Å²) in [5.41, 5.74) is 0.935. The Morgan fingerprint density at radius 3 is 2.40 bits per heavy atom. The lowest BCUT2D eigenvalue weighted by Gasteiger charge is -2.42. The number of nitrogens with zero attached hydrogens (tertiary/aromatic N) is 1. The zero-order valence-electron chi connectivity index (χ0n) is 14.9. The van der Waals surface area contributed by atoms with Crippen molar-refractivity contribution >= 4 is 29.9 Å². The lowest BCUT2D eigenvalue weighted by molar-refractivity contribution is 0.0732. The predicted molar refractivity (Wildman–Crippen MR) is 108 cm³/mol. The van der Waals surface area contributed by atoms with Crippen LogP contribution in [0.1, 0.15) is 31.2 Å². The van der Waals surface area contributed by atoms with Gasteiger partial charge in [0.15, 0.2) is 5.96 Å². The fraction of sp³-hybridized carbons (Fsp3) is 0.611. The molecular weight excluding hydrogens is 439 g/mol. The molecule has 142 valence electrons. The molecule has 0 atom stereocenters. The summed E-state index contributed by atoms with van der Waals surface area (Å²) < 4.78 is 31.5. The summed E-state index contributed by atoms with van der Waals surface area (Å²) in [5.74, 6) is -0.370. The lowest BCUT2D eigenvalue weighted by Crippen LogP contribution is -2.47. The highest BCUT2D eigenvalue weighted by atomic mass is 127. The van der Waals surface area contributed by atoms with Gasteiger partial charge in [-0.2, -0.15) is 0 Å². The largest absolute Gasteiger partial charge is 0.385 e. The maximum atomic E-state index is 13.2. The number of rotatable bonds is 8. The maximum absolute atomic E-state index is 13.2. The molecule has 1 aliphatic rings. The standard InChI is InChI=1S/C18H27F2N3O.HI/c1-21-17(23-13-18(5-3-6-18)7-9-24-2)22-8-4-14-10-15(19)12-16(20)11-14;/h10-12H,3-9,13H2,1-2H3,(H2,21,22,23);1H. The maximum Gasteiger partial charge on any atom is 0.191 e. The fourth-order valence-electron chi connectivity index (χ4n) is 3.08. The number of hydrogen-bond donors (Lipinski definition) is 2. The third kappa shape index (κ3) is 7.05. The topological polar surface area (TPSA) is 45.7 Å². The van der Waals surface area contributed by atoms with E-state index in [0.29, 0.717) is 23.9 Å². The summed E-state index contributed by atoms with van der Waals surface area (Å²) in [4.78, 5) is 4.21. The van der Waals surface area contributed by atoms with Crippen molar-refractivity contribution in [3.63, 3.8) is 0 Å². The molecule has 1 fully saturated rings. The van der Waals surface area contributed by atoms with Crippen LogP contribution in [0, 0.1) is 17.0 Å². The van der Waals surface area contributed by atoms with Crippen molar-refractivity contribution in [1.29, 1.82) is 0 Å². The van der Waals surface area contributed by atoms with E-state index >= 15 is 0 Å². The van der Waals surface area contributed by atoms with Gasteiger partial charge < -0.3 is 15.4 Å². The lowest BCUT2D eigenvalue weighted by atomic mass is 9.67. The van der Waals surface area contributed by atoms with Crippen molar-refractivity contribution in [3.05, 3.63) is 35.4 Å². The molecule has 2 N–H and O–H groups in total. The molecule has 4 nitrogen and oxygen atoms in total. The third-order valence-electron chi connectivity index (χ3n) is 4.73. The van der Waals surface area contributed by atoms with Gasteiger partial charge in [-0.15, -0.1) is 24.0 Å². The molecule has 0 unspecified atom stereocenters. The van der Waals surface area contributed by atoms with Crippen molar-refractivity contribution in [2.75, 3.05) is 33.9 Å². The first kappa shape index (κ1) is 22.1. The van der Waals surface area contributed by atoms with Gasteiger partial charge >= 0.3 is 0 Å². The fourth-order valence-corrected chi connectivity index (χ4v) is 3.08. The first-order chi connectivity index (χ1) is 11.6. The van der Waals surface area contributed by atoms with Crippen molar-refractivity contribution in [1.82, 2.24) is 10.6 Å². The SMILES string of the molecule is CN=C(NCCc1cc(F)cc(F)c1)NCC1(CCOC)CCC1.I. The third-order valence-corrected chi connectivity index (χ3v) is 4.73. The molecule has 2 rings (SSSR count). The van der Waals surface area contributed by atoms with Crippen LogP contribution in [0.15, 0.2) is 23.2 Å². The van der Waals surface area contributed by atoms with Gasteiger partial charge in [-0.3, -0.25) is 4.99 Å². The predicted octanol–water partition coefficient (Wildman–Crippen LogP) is 3.50. The first-order valence-electron chi connectivity index (χ1n) is 8.45. The van der Waals surface area contributed by atoms with Crippen LogP contribution < -0.4 is 10.6 Å². The summed E-state index contributed by atoms with van der Waals surface area (Å²) in [6, 6.07) is 3.60. The first-order valence-corrected chi connectivity index (χ1v) is 8.45. The highest BCUT2D eigenvalue weighted by molar-refractivity contribution is 14.0. The van der Waals surface area contributed by atoms with Crippen LogP contribution in [0.2, 0.25) is 0 Å². The van der Waals surface area contributed by atoms with Crippen LogP contribution in [0.3, 0.4) is 0 Å². The van der Waals surface area contributed by atoms with Gasteiger partial charge in [-0.1, -0.05) is 6.42 Å². The number of nitrogens with one attached hydrogen (secondary N) is 2. The van der Waals surface area contributed by atoms with E-state index in [1.807, 2.05) is 0 Å². The van der Waals surface area contributed by atoms with Crippen molar-refractivity contribution in [2.24, 2.45) is 10.4 Å². The van der Waals surface area contributed by atoms with E-state index in [2.05, 4.69) is 15.6 Å². The number of benzene rings is 1. The Morgan fingerprint density at radius 2 is 1.88 bits per heavy atom. The molecule has 0 radical (unpaired) electrons. The number of guanidine groups is 1. The van der Waals surface area contributed by atoms with Crippen LogP contribution in [-0.4, -0.2) is 39.8 Å². The van der Waals surface area contributed by atoms with Crippen LogP contribution >= 0.6 is 24.0 Å². The van der Waals surface area contributed by atoms with E-state index in [0.717, 1.165) is 31.6 Å². The van der Waals surface area contributed by atoms with Gasteiger partial charge in [0.25, 0.3) is 0 Å². The van der Waals surface area contributed by atoms with Crippen molar-refractivity contribution in [3.8, 4) is 0 Å². The van der Waals surface area contributed by atoms with E-state index in [-0.39, 0.29) is 24.0 Å². The molecular formula is C18H28F2IN3O. The number of halogens is 3. The average molecular weight is 467 g/mol. The molecule has 0 bridgehead atoms. The van der Waals surface area contributed by atoms with Gasteiger partial charge in [0.2, 0.25) is 0 Å². The highest BCUT2D eigenvalue weighted by Gasteiger charge is 2.36. The molecule has 7 heteroatoms. The van der Waals surface area contributed by atoms with Gasteiger partial charge in [-0.05, 0) is 48.8 Å². The molecule has 0 aliphatic heterocycles. The summed E-state index contributed by atoms with van der Waals surface area (Å²) in [5, 5.41) is 6.56. The van der Waals surface area contributed by atoms with Crippen LogP contribution in [-0.2, 0) is 11.2 Å². The number of methoxy groups -OCH3 is 1. The Kier molecular flexibility index (Phi) is 9.63. The zero-order chi connectivity index (χ0) is 17.4. The molecule has 0 heterocycles. The van der Waals surface area contributed by atoms with E-state index in [1.54, 1.807) is 14.2 Å². The number of ether oxygens (including phenoxy) is 1. The molecule has 1 aliphatic carbocycles. The number of aliphatic imine (C=N–C) groups is 1. The van der Waals surface area contributed by atoms with Crippen molar-refractivity contribution < 1.29 is 13.5 Å². The van der Waals surface area contributed by atoms with E-state index in [1.165, 1.54) is 31.4 Å². The highest BCUT2D eigenvalue weighted by Crippen LogP contribution is 2.43. The monoisotopic (exact) mass is 467 g/mol.